The Morgan fingerprint density at radius 2 is 0.790 bits per heavy atom. The Morgan fingerprint density at radius 3 is 1.11 bits per heavy atom. The Kier molecular flexibility index (Phi) is 48.3. The first-order valence-corrected chi connectivity index (χ1v) is 34.3. The molecule has 14 atom stereocenters. The summed E-state index contributed by atoms with van der Waals surface area (Å²) in [6.07, 6.45) is -9.69. The molecule has 2 fully saturated rings. The number of carbonyl (C=O) groups excluding carboxylic acids is 9. The third-order valence-corrected chi connectivity index (χ3v) is 15.9. The third-order valence-electron chi connectivity index (χ3n) is 15.9. The zero-order chi connectivity index (χ0) is 74.3. The van der Waals surface area contributed by atoms with Crippen molar-refractivity contribution in [3.05, 3.63) is 0 Å². The van der Waals surface area contributed by atoms with Gasteiger partial charge in [0.2, 0.25) is 53.2 Å². The maximum Gasteiger partial charge on any atom is 0.222 e. The molecule has 37 heteroatoms. The minimum absolute atomic E-state index is 0.00230. The average Bonchev–Trinajstić information content (AvgIpc) is 0.818. The van der Waals surface area contributed by atoms with Crippen LogP contribution in [0.25, 0.3) is 0 Å². The van der Waals surface area contributed by atoms with E-state index in [9.17, 15) is 89.1 Å². The molecule has 19 N–H and O–H groups in total. The summed E-state index contributed by atoms with van der Waals surface area (Å²) in [6.45, 7) is 5.36. The second-order valence-electron chi connectivity index (χ2n) is 24.5. The van der Waals surface area contributed by atoms with E-state index in [1.54, 1.807) is 7.05 Å². The van der Waals surface area contributed by atoms with Gasteiger partial charge in [-0.1, -0.05) is 0 Å². The highest BCUT2D eigenvalue weighted by molar-refractivity contribution is 5.78. The van der Waals surface area contributed by atoms with E-state index in [0.717, 1.165) is 0 Å². The van der Waals surface area contributed by atoms with Crippen molar-refractivity contribution in [2.24, 2.45) is 0 Å². The van der Waals surface area contributed by atoms with E-state index in [-0.39, 0.29) is 160 Å². The fourth-order valence-electron chi connectivity index (χ4n) is 10.1. The van der Waals surface area contributed by atoms with Gasteiger partial charge in [-0.2, -0.15) is 0 Å². The molecule has 9 amide bonds. The number of unbranched alkanes of at least 4 members (excludes halogenated alkanes) is 3. The largest absolute Gasteiger partial charge is 0.394 e. The highest BCUT2D eigenvalue weighted by Gasteiger charge is 2.47. The lowest BCUT2D eigenvalue weighted by atomic mass is 9.97. The third kappa shape index (κ3) is 38.7. The Balaban J connectivity index is 1.75. The molecule has 100 heavy (non-hydrogen) atoms. The maximum atomic E-state index is 12.7. The number of aliphatic hydroxyl groups excluding tert-OH is 9. The normalized spacial score (nSPS) is 22.4. The standard InChI is InChI=1S/C63H116N10O27/c1-40(71-41(2)77)55(86)56(87)44(33-74)98-39-95-27-9-6-15-47(80)65-21-12-24-68-50(83)18-30-92-36-63(64-5,37-93-31-19-51(84)69-25-13-22-66-48(81)16-7-10-28-96-61-53(72-42(3)78)59(90)57(88)45(34-75)99-61)38-94-32-20-52(85)70-26-14-23-67-49(82)17-8-11-29-97-62-54(73-43(4)79)60(91)58(89)46(35-76)100-62/h40,44-46,53-62,64,74-76,86-91H,6-39H2,1-5H3,(H,65,80)(H,66,81)(H,67,82)(H,68,83)(H,69,84)(H,70,85)(H,71,77)(H,72,78)(H,73,79)/t40?,44?,45?,46?,53?,54?,55-,56+,57+,58+,59-,60-,61-,62-,63?/m0/s1. The molecule has 2 rings (SSSR count). The smallest absolute Gasteiger partial charge is 0.222 e. The van der Waals surface area contributed by atoms with Crippen molar-refractivity contribution in [1.29, 1.82) is 0 Å². The molecule has 2 heterocycles. The van der Waals surface area contributed by atoms with E-state index < -0.39 is 129 Å². The summed E-state index contributed by atoms with van der Waals surface area (Å²) in [4.78, 5) is 110. The van der Waals surface area contributed by atoms with Gasteiger partial charge in [0.25, 0.3) is 0 Å². The van der Waals surface area contributed by atoms with Crippen LogP contribution in [-0.4, -0.2) is 323 Å². The molecule has 2 aliphatic rings. The van der Waals surface area contributed by atoms with Crippen molar-refractivity contribution in [2.75, 3.05) is 132 Å². The number of amides is 9. The Morgan fingerprint density at radius 1 is 0.440 bits per heavy atom. The molecule has 0 aromatic carbocycles. The lowest BCUT2D eigenvalue weighted by Gasteiger charge is -2.42. The average molecular weight is 1450 g/mol. The van der Waals surface area contributed by atoms with Crippen molar-refractivity contribution in [3.8, 4) is 0 Å². The van der Waals surface area contributed by atoms with Crippen molar-refractivity contribution in [3.63, 3.8) is 0 Å². The van der Waals surface area contributed by atoms with Gasteiger partial charge in [-0.25, -0.2) is 0 Å². The maximum absolute atomic E-state index is 12.7. The van der Waals surface area contributed by atoms with Gasteiger partial charge in [0.05, 0.1) is 71.0 Å². The van der Waals surface area contributed by atoms with Gasteiger partial charge in [0.15, 0.2) is 12.6 Å². The van der Waals surface area contributed by atoms with Gasteiger partial charge in [0.1, 0.15) is 73.8 Å². The summed E-state index contributed by atoms with van der Waals surface area (Å²) < 4.78 is 51.0. The zero-order valence-electron chi connectivity index (χ0n) is 58.5. The van der Waals surface area contributed by atoms with Crippen molar-refractivity contribution < 1.29 is 132 Å². The van der Waals surface area contributed by atoms with Crippen LogP contribution in [0.1, 0.15) is 124 Å². The number of nitrogens with one attached hydrogen (secondary N) is 10. The van der Waals surface area contributed by atoms with Gasteiger partial charge in [-0.3, -0.25) is 43.2 Å². The van der Waals surface area contributed by atoms with Gasteiger partial charge in [0, 0.05) is 118 Å². The number of hydrogen-bond acceptors (Lipinski definition) is 28. The SMILES string of the molecule is CNC(COCCC(=O)NCCCNC(=O)CCCCOCOC(CO)[C@@H](O)[C@@H](O)C(C)NC(C)=O)(COCCC(=O)NCCCNC(=O)CCCCO[C@H]1OC(CO)[C@@H](O)[C@@H](O)C1NC(C)=O)COCCC(=O)NCCCNC(=O)CCCCO[C@H]1OC(CO)[C@@H](O)[C@@H](O)C1NC(C)=O. The molecule has 2 aliphatic heterocycles. The summed E-state index contributed by atoms with van der Waals surface area (Å²) >= 11 is 0. The molecule has 0 radical (unpaired) electrons. The summed E-state index contributed by atoms with van der Waals surface area (Å²) in [5, 5.41) is 118. The lowest BCUT2D eigenvalue weighted by Crippen LogP contribution is -2.64. The van der Waals surface area contributed by atoms with Crippen LogP contribution in [0.4, 0.5) is 0 Å². The van der Waals surface area contributed by atoms with Crippen LogP contribution in [0.2, 0.25) is 0 Å². The predicted molar refractivity (Wildman–Crippen MR) is 352 cm³/mol. The molecular weight excluding hydrogens is 1330 g/mol. The fraction of sp³-hybridized carbons (Fsp3) is 0.857. The van der Waals surface area contributed by atoms with Crippen LogP contribution in [0.3, 0.4) is 0 Å². The fourth-order valence-corrected chi connectivity index (χ4v) is 10.1. The Labute approximate surface area is 583 Å². The van der Waals surface area contributed by atoms with E-state index in [1.807, 2.05) is 0 Å². The summed E-state index contributed by atoms with van der Waals surface area (Å²) in [7, 11) is 1.66. The molecular formula is C63H116N10O27. The van der Waals surface area contributed by atoms with Crippen LogP contribution < -0.4 is 53.2 Å². The number of carbonyl (C=O) groups is 9. The van der Waals surface area contributed by atoms with Crippen LogP contribution in [0.15, 0.2) is 0 Å². The topological polar surface area (TPSA) is 539 Å². The molecule has 2 saturated heterocycles. The molecule has 0 bridgehead atoms. The minimum atomic E-state index is -1.49. The Hall–Kier alpha value is -5.53. The van der Waals surface area contributed by atoms with E-state index in [2.05, 4.69) is 53.2 Å². The molecule has 0 spiro atoms. The monoisotopic (exact) mass is 1440 g/mol. The van der Waals surface area contributed by atoms with Crippen LogP contribution in [0.5, 0.6) is 0 Å². The van der Waals surface area contributed by atoms with Crippen molar-refractivity contribution >= 4 is 53.2 Å². The number of hydrogen-bond donors (Lipinski definition) is 19. The summed E-state index contributed by atoms with van der Waals surface area (Å²) in [5.41, 5.74) is -0.994. The van der Waals surface area contributed by atoms with Crippen LogP contribution >= 0.6 is 0 Å². The van der Waals surface area contributed by atoms with Gasteiger partial charge >= 0.3 is 0 Å². The molecule has 37 nitrogen and oxygen atoms in total. The second kappa shape index (κ2) is 53.3. The first kappa shape index (κ1) is 90.6. The number of rotatable bonds is 57. The van der Waals surface area contributed by atoms with Crippen LogP contribution in [0, 0.1) is 0 Å². The number of ether oxygens (including phenoxy) is 9. The van der Waals surface area contributed by atoms with Gasteiger partial charge in [-0.05, 0) is 71.8 Å². The highest BCUT2D eigenvalue weighted by Crippen LogP contribution is 2.24. The quantitative estimate of drug-likeness (QED) is 0.0199. The molecule has 0 saturated carbocycles. The van der Waals surface area contributed by atoms with Gasteiger partial charge in [-0.15, -0.1) is 0 Å². The van der Waals surface area contributed by atoms with E-state index >= 15 is 0 Å². The molecule has 0 aromatic rings. The minimum Gasteiger partial charge on any atom is -0.394 e. The molecule has 0 aliphatic carbocycles. The zero-order valence-corrected chi connectivity index (χ0v) is 58.5. The number of aliphatic hydroxyl groups is 9. The van der Waals surface area contributed by atoms with E-state index in [1.165, 1.54) is 27.7 Å². The van der Waals surface area contributed by atoms with Crippen molar-refractivity contribution in [2.45, 2.75) is 215 Å². The predicted octanol–water partition coefficient (Wildman–Crippen LogP) is -6.94. The lowest BCUT2D eigenvalue weighted by molar-refractivity contribution is -0.270. The molecule has 580 valence electrons. The van der Waals surface area contributed by atoms with E-state index in [4.69, 9.17) is 42.6 Å². The van der Waals surface area contributed by atoms with E-state index in [0.29, 0.717) is 77.4 Å². The Bertz CT molecular complexity index is 2240. The summed E-state index contributed by atoms with van der Waals surface area (Å²) in [6, 6.07) is -2.94. The van der Waals surface area contributed by atoms with Crippen LogP contribution in [-0.2, 0) is 85.8 Å². The first-order valence-electron chi connectivity index (χ1n) is 34.3. The number of likely N-dealkylation sites (N-methyl/N-ethyl adjacent to an activating group) is 1. The van der Waals surface area contributed by atoms with Gasteiger partial charge < -0.3 is 142 Å². The second-order valence-corrected chi connectivity index (χ2v) is 24.5. The first-order chi connectivity index (χ1) is 47.8. The highest BCUT2D eigenvalue weighted by atomic mass is 16.7. The van der Waals surface area contributed by atoms with Crippen molar-refractivity contribution in [1.82, 2.24) is 53.2 Å². The summed E-state index contributed by atoms with van der Waals surface area (Å²) in [5.74, 6) is -2.88. The molecule has 6 unspecified atom stereocenters. The molecule has 0 aromatic heterocycles.